The van der Waals surface area contributed by atoms with Crippen LogP contribution in [0.4, 0.5) is 5.95 Å². The fourth-order valence-electron chi connectivity index (χ4n) is 3.31. The van der Waals surface area contributed by atoms with Gasteiger partial charge in [-0.1, -0.05) is 12.2 Å². The number of nitrogens with two attached hydrogens (primary N) is 1. The van der Waals surface area contributed by atoms with E-state index < -0.39 is 5.97 Å². The molecule has 164 valence electrons. The van der Waals surface area contributed by atoms with Crippen molar-refractivity contribution in [2.45, 2.75) is 26.9 Å². The van der Waals surface area contributed by atoms with Crippen LogP contribution in [0.15, 0.2) is 30.4 Å². The van der Waals surface area contributed by atoms with Crippen molar-refractivity contribution < 1.29 is 19.1 Å². The number of allylic oxidation sites excluding steroid dienone is 1. The van der Waals surface area contributed by atoms with E-state index in [2.05, 4.69) is 15.4 Å². The molecule has 10 nitrogen and oxygen atoms in total. The average molecular weight is 426 g/mol. The van der Waals surface area contributed by atoms with Crippen molar-refractivity contribution in [2.24, 2.45) is 5.73 Å². The summed E-state index contributed by atoms with van der Waals surface area (Å²) < 4.78 is 13.7. The van der Waals surface area contributed by atoms with Gasteiger partial charge in [0.05, 0.1) is 31.0 Å². The zero-order chi connectivity index (χ0) is 22.5. The van der Waals surface area contributed by atoms with Gasteiger partial charge in [0.1, 0.15) is 17.0 Å². The second-order valence-corrected chi connectivity index (χ2v) is 6.73. The van der Waals surface area contributed by atoms with Gasteiger partial charge < -0.3 is 19.8 Å². The molecule has 0 fully saturated rings. The number of fused-ring (bicyclic) bond motifs is 1. The topological polar surface area (TPSA) is 126 Å². The second-order valence-electron chi connectivity index (χ2n) is 6.73. The maximum absolute atomic E-state index is 13.0. The molecule has 0 spiro atoms. The van der Waals surface area contributed by atoms with Crippen LogP contribution in [-0.4, -0.2) is 52.0 Å². The lowest BCUT2D eigenvalue weighted by Crippen LogP contribution is -2.20. The first-order valence-corrected chi connectivity index (χ1v) is 9.80. The molecular weight excluding hydrogens is 400 g/mol. The Bertz CT molecular complexity index is 1140. The highest BCUT2D eigenvalue weighted by molar-refractivity contribution is 6.04. The van der Waals surface area contributed by atoms with Crippen LogP contribution in [0.1, 0.15) is 33.5 Å². The fourth-order valence-corrected chi connectivity index (χ4v) is 3.31. The first-order valence-electron chi connectivity index (χ1n) is 9.80. The molecule has 0 bridgehead atoms. The van der Waals surface area contributed by atoms with Crippen molar-refractivity contribution in [3.8, 4) is 5.75 Å². The van der Waals surface area contributed by atoms with E-state index in [1.165, 1.54) is 14.2 Å². The van der Waals surface area contributed by atoms with Gasteiger partial charge in [0.2, 0.25) is 5.95 Å². The molecule has 0 aliphatic heterocycles. The van der Waals surface area contributed by atoms with Gasteiger partial charge in [-0.15, -0.1) is 0 Å². The fraction of sp³-hybridized carbons (Fsp3) is 0.333. The SMILES string of the molecule is CCn1nc(C)cc1C(=O)Nc1nc2cc(C(=O)OC)cc(OC)c2n1CC=CCN. The van der Waals surface area contributed by atoms with Crippen LogP contribution in [0.5, 0.6) is 5.75 Å². The number of methoxy groups -OCH3 is 2. The molecule has 3 rings (SSSR count). The Kier molecular flexibility index (Phi) is 6.71. The number of imidazole rings is 1. The first kappa shape index (κ1) is 22.0. The van der Waals surface area contributed by atoms with Crippen molar-refractivity contribution in [3.63, 3.8) is 0 Å². The average Bonchev–Trinajstić information content (AvgIpc) is 3.32. The number of aromatic nitrogens is 4. The molecule has 0 unspecified atom stereocenters. The number of amides is 1. The quantitative estimate of drug-likeness (QED) is 0.417. The third kappa shape index (κ3) is 4.43. The van der Waals surface area contributed by atoms with Crippen molar-refractivity contribution >= 4 is 28.9 Å². The van der Waals surface area contributed by atoms with E-state index >= 15 is 0 Å². The van der Waals surface area contributed by atoms with Crippen LogP contribution in [0.2, 0.25) is 0 Å². The van der Waals surface area contributed by atoms with Gasteiger partial charge in [-0.05, 0) is 32.0 Å². The Balaban J connectivity index is 2.12. The van der Waals surface area contributed by atoms with E-state index in [0.29, 0.717) is 53.6 Å². The van der Waals surface area contributed by atoms with Crippen LogP contribution in [0.25, 0.3) is 11.0 Å². The van der Waals surface area contributed by atoms with Gasteiger partial charge in [0, 0.05) is 19.6 Å². The molecule has 0 saturated carbocycles. The molecule has 0 atom stereocenters. The molecule has 1 aromatic carbocycles. The molecule has 31 heavy (non-hydrogen) atoms. The summed E-state index contributed by atoms with van der Waals surface area (Å²) in [6.45, 7) is 5.07. The van der Waals surface area contributed by atoms with E-state index in [1.807, 2.05) is 26.0 Å². The third-order valence-electron chi connectivity index (χ3n) is 4.70. The lowest BCUT2D eigenvalue weighted by Gasteiger charge is -2.11. The Morgan fingerprint density at radius 2 is 2.00 bits per heavy atom. The minimum atomic E-state index is -0.509. The zero-order valence-electron chi connectivity index (χ0n) is 18.0. The maximum atomic E-state index is 13.0. The lowest BCUT2D eigenvalue weighted by molar-refractivity contribution is 0.0600. The van der Waals surface area contributed by atoms with Crippen LogP contribution < -0.4 is 15.8 Å². The smallest absolute Gasteiger partial charge is 0.338 e. The van der Waals surface area contributed by atoms with Gasteiger partial charge >= 0.3 is 5.97 Å². The van der Waals surface area contributed by atoms with Crippen LogP contribution in [0, 0.1) is 6.92 Å². The number of carbonyl (C=O) groups excluding carboxylic acids is 2. The van der Waals surface area contributed by atoms with E-state index in [9.17, 15) is 9.59 Å². The normalized spacial score (nSPS) is 11.3. The summed E-state index contributed by atoms with van der Waals surface area (Å²) in [5.74, 6) is -0.107. The van der Waals surface area contributed by atoms with Crippen molar-refractivity contribution in [3.05, 3.63) is 47.3 Å². The molecule has 2 aromatic heterocycles. The summed E-state index contributed by atoms with van der Waals surface area (Å²) in [4.78, 5) is 29.6. The number of rotatable bonds is 8. The number of anilines is 1. The molecule has 0 aliphatic carbocycles. The molecule has 1 amide bonds. The second kappa shape index (κ2) is 9.43. The van der Waals surface area contributed by atoms with Gasteiger partial charge in [0.25, 0.3) is 5.91 Å². The largest absolute Gasteiger partial charge is 0.494 e. The standard InChI is InChI=1S/C21H26N6O4/c1-5-27-16(10-13(2)25-27)19(28)24-21-23-15-11-14(20(29)31-4)12-17(30-3)18(15)26(21)9-7-6-8-22/h6-7,10-12H,5,8-9,22H2,1-4H3,(H,23,24,28). The summed E-state index contributed by atoms with van der Waals surface area (Å²) >= 11 is 0. The van der Waals surface area contributed by atoms with Gasteiger partial charge in [-0.2, -0.15) is 5.10 Å². The summed E-state index contributed by atoms with van der Waals surface area (Å²) in [6, 6.07) is 4.90. The van der Waals surface area contributed by atoms with Crippen LogP contribution >= 0.6 is 0 Å². The number of hydrogen-bond acceptors (Lipinski definition) is 7. The Hall–Kier alpha value is -3.66. The first-order chi connectivity index (χ1) is 14.9. The summed E-state index contributed by atoms with van der Waals surface area (Å²) in [5, 5.41) is 7.18. The van der Waals surface area contributed by atoms with Crippen molar-refractivity contribution in [1.29, 1.82) is 0 Å². The molecule has 3 aromatic rings. The highest BCUT2D eigenvalue weighted by Gasteiger charge is 2.21. The number of carbonyl (C=O) groups is 2. The number of esters is 1. The predicted molar refractivity (Wildman–Crippen MR) is 116 cm³/mol. The Labute approximate surface area is 179 Å². The third-order valence-corrected chi connectivity index (χ3v) is 4.70. The van der Waals surface area contributed by atoms with Crippen LogP contribution in [-0.2, 0) is 17.8 Å². The molecule has 3 N–H and O–H groups in total. The minimum absolute atomic E-state index is 0.298. The summed E-state index contributed by atoms with van der Waals surface area (Å²) in [6.07, 6.45) is 3.67. The molecule has 0 saturated heterocycles. The number of nitrogens with one attached hydrogen (secondary N) is 1. The van der Waals surface area contributed by atoms with Gasteiger partial charge in [-0.25, -0.2) is 9.78 Å². The predicted octanol–water partition coefficient (Wildman–Crippen LogP) is 2.12. The Morgan fingerprint density at radius 3 is 2.65 bits per heavy atom. The Morgan fingerprint density at radius 1 is 1.23 bits per heavy atom. The monoisotopic (exact) mass is 426 g/mol. The maximum Gasteiger partial charge on any atom is 0.338 e. The van der Waals surface area contributed by atoms with E-state index in [-0.39, 0.29) is 5.91 Å². The lowest BCUT2D eigenvalue weighted by atomic mass is 10.2. The molecule has 0 radical (unpaired) electrons. The van der Waals surface area contributed by atoms with Crippen molar-refractivity contribution in [1.82, 2.24) is 19.3 Å². The van der Waals surface area contributed by atoms with Gasteiger partial charge in [-0.3, -0.25) is 14.8 Å². The van der Waals surface area contributed by atoms with E-state index in [0.717, 1.165) is 5.69 Å². The van der Waals surface area contributed by atoms with Crippen molar-refractivity contribution in [2.75, 3.05) is 26.1 Å². The highest BCUT2D eigenvalue weighted by Crippen LogP contribution is 2.31. The molecule has 0 aliphatic rings. The number of benzene rings is 1. The number of aryl methyl sites for hydroxylation is 2. The molecular formula is C21H26N6O4. The summed E-state index contributed by atoms with van der Waals surface area (Å²) in [5.41, 5.74) is 8.15. The molecule has 10 heteroatoms. The van der Waals surface area contributed by atoms with E-state index in [4.69, 9.17) is 15.2 Å². The number of hydrogen-bond donors (Lipinski definition) is 2. The zero-order valence-corrected chi connectivity index (χ0v) is 18.0. The van der Waals surface area contributed by atoms with Crippen LogP contribution in [0.3, 0.4) is 0 Å². The summed E-state index contributed by atoms with van der Waals surface area (Å²) in [7, 11) is 2.81. The van der Waals surface area contributed by atoms with E-state index in [1.54, 1.807) is 27.4 Å². The van der Waals surface area contributed by atoms with Gasteiger partial charge in [0.15, 0.2) is 0 Å². The highest BCUT2D eigenvalue weighted by atomic mass is 16.5. The number of ether oxygens (including phenoxy) is 2. The number of nitrogens with zero attached hydrogens (tertiary/aromatic N) is 4. The molecule has 2 heterocycles. The minimum Gasteiger partial charge on any atom is -0.494 e.